The standard InChI is InChI=1S/C28H23F3N4O4.2ClH/c29-28(30,31)19-8-10-24(34-22-6-2-1-5-20(22)26(36)37)25(13-19)35-23-9-7-17(12-21(23)27(38)39)14-33-16-18-4-3-11-32-15-18;;/h1-13,15,33-35H,14,16H2,(H,36,37)(H,38,39);2*1H. The molecule has 0 spiro atoms. The molecule has 0 saturated heterocycles. The highest BCUT2D eigenvalue weighted by molar-refractivity contribution is 5.98. The van der Waals surface area contributed by atoms with Gasteiger partial charge in [0.2, 0.25) is 0 Å². The molecule has 216 valence electrons. The fourth-order valence-corrected chi connectivity index (χ4v) is 3.93. The third-order valence-corrected chi connectivity index (χ3v) is 5.84. The molecule has 0 unspecified atom stereocenters. The van der Waals surface area contributed by atoms with E-state index in [1.165, 1.54) is 30.3 Å². The molecule has 0 aliphatic heterocycles. The van der Waals surface area contributed by atoms with E-state index in [0.717, 1.165) is 23.8 Å². The molecule has 0 amide bonds. The third kappa shape index (κ3) is 8.58. The Balaban J connectivity index is 0.00000294. The molecule has 8 nitrogen and oxygen atoms in total. The Morgan fingerprint density at radius 2 is 1.39 bits per heavy atom. The van der Waals surface area contributed by atoms with Gasteiger partial charge in [-0.15, -0.1) is 12.4 Å². The van der Waals surface area contributed by atoms with E-state index in [1.54, 1.807) is 24.5 Å². The van der Waals surface area contributed by atoms with Crippen LogP contribution in [0, 0.1) is 0 Å². The van der Waals surface area contributed by atoms with Gasteiger partial charge in [0.15, 0.2) is 0 Å². The van der Waals surface area contributed by atoms with Crippen molar-refractivity contribution in [1.29, 1.82) is 0 Å². The van der Waals surface area contributed by atoms with Crippen LogP contribution in [-0.4, -0.2) is 27.1 Å². The van der Waals surface area contributed by atoms with E-state index in [0.29, 0.717) is 18.7 Å². The summed E-state index contributed by atoms with van der Waals surface area (Å²) < 4.78 is 40.5. The molecule has 0 radical (unpaired) electrons. The lowest BCUT2D eigenvalue weighted by atomic mass is 10.1. The molecule has 3 aromatic carbocycles. The van der Waals surface area contributed by atoms with E-state index in [-0.39, 0.29) is 58.7 Å². The van der Waals surface area contributed by atoms with Crippen molar-refractivity contribution in [2.24, 2.45) is 0 Å². The number of nitrogens with one attached hydrogen (secondary N) is 2. The van der Waals surface area contributed by atoms with Crippen LogP contribution in [0.15, 0.2) is 85.2 Å². The zero-order valence-electron chi connectivity index (χ0n) is 21.2. The lowest BCUT2D eigenvalue weighted by molar-refractivity contribution is -0.686. The topological polar surface area (TPSA) is 128 Å². The number of halogens is 5. The fraction of sp³-hybridized carbons (Fsp3) is 0.107. The maximum atomic E-state index is 13.5. The smallest absolute Gasteiger partial charge is 0.416 e. The molecule has 4 aromatic rings. The zero-order valence-corrected chi connectivity index (χ0v) is 22.7. The molecule has 1 heterocycles. The Bertz CT molecular complexity index is 1510. The van der Waals surface area contributed by atoms with Crippen molar-refractivity contribution in [3.63, 3.8) is 0 Å². The Labute approximate surface area is 245 Å². The number of carboxylic acids is 2. The summed E-state index contributed by atoms with van der Waals surface area (Å²) in [5.74, 6) is -2.48. The highest BCUT2D eigenvalue weighted by Crippen LogP contribution is 2.37. The number of rotatable bonds is 10. The molecule has 41 heavy (non-hydrogen) atoms. The molecule has 0 fully saturated rings. The monoisotopic (exact) mass is 608 g/mol. The molecule has 0 bridgehead atoms. The van der Waals surface area contributed by atoms with E-state index in [9.17, 15) is 33.0 Å². The number of para-hydroxylation sites is 1. The summed E-state index contributed by atoms with van der Waals surface area (Å²) in [4.78, 5) is 27.7. The molecule has 13 heteroatoms. The van der Waals surface area contributed by atoms with Gasteiger partial charge in [0.05, 0.1) is 39.4 Å². The van der Waals surface area contributed by atoms with Crippen molar-refractivity contribution in [2.75, 3.05) is 10.6 Å². The van der Waals surface area contributed by atoms with E-state index in [4.69, 9.17) is 0 Å². The molecule has 1 aromatic heterocycles. The van der Waals surface area contributed by atoms with Crippen LogP contribution in [0.1, 0.15) is 37.4 Å². The summed E-state index contributed by atoms with van der Waals surface area (Å²) in [6.45, 7) is 1.10. The maximum Gasteiger partial charge on any atom is 0.416 e. The second kappa shape index (κ2) is 14.4. The van der Waals surface area contributed by atoms with Gasteiger partial charge in [0, 0.05) is 23.5 Å². The fourth-order valence-electron chi connectivity index (χ4n) is 3.93. The summed E-state index contributed by atoms with van der Waals surface area (Å²) in [7, 11) is 0. The van der Waals surface area contributed by atoms with Gasteiger partial charge < -0.3 is 38.6 Å². The van der Waals surface area contributed by atoms with Gasteiger partial charge in [-0.2, -0.15) is 13.2 Å². The SMILES string of the molecule is Cl.O=C(O)c1ccccc1Nc1ccc(C(F)(F)F)cc1Nc1ccc(C[NH2+]Cc2cccnc2)cc1C(=O)O.[Cl-]. The molecular weight excluding hydrogens is 584 g/mol. The van der Waals surface area contributed by atoms with Gasteiger partial charge in [-0.05, 0) is 48.5 Å². The first-order valence-electron chi connectivity index (χ1n) is 11.8. The predicted octanol–water partition coefficient (Wildman–Crippen LogP) is 2.67. The van der Waals surface area contributed by atoms with E-state index < -0.39 is 23.7 Å². The number of hydrogen-bond acceptors (Lipinski definition) is 5. The second-order valence-electron chi connectivity index (χ2n) is 8.60. The Hall–Kier alpha value is -4.32. The average molecular weight is 609 g/mol. The van der Waals surface area contributed by atoms with Crippen LogP contribution in [-0.2, 0) is 19.3 Å². The molecule has 0 aliphatic carbocycles. The number of nitrogens with zero attached hydrogens (tertiary/aromatic N) is 1. The molecule has 4 rings (SSSR count). The summed E-state index contributed by atoms with van der Waals surface area (Å²) in [6.07, 6.45) is -1.25. The van der Waals surface area contributed by atoms with Crippen LogP contribution in [0.25, 0.3) is 0 Å². The first-order valence-corrected chi connectivity index (χ1v) is 11.8. The number of pyridine rings is 1. The highest BCUT2D eigenvalue weighted by atomic mass is 35.5. The van der Waals surface area contributed by atoms with Crippen molar-refractivity contribution in [3.8, 4) is 0 Å². The number of carbonyl (C=O) groups is 2. The minimum Gasteiger partial charge on any atom is -1.00 e. The number of aromatic carboxylic acids is 2. The predicted molar refractivity (Wildman–Crippen MR) is 146 cm³/mol. The summed E-state index contributed by atoms with van der Waals surface area (Å²) in [6, 6.07) is 17.2. The van der Waals surface area contributed by atoms with Gasteiger partial charge >= 0.3 is 18.1 Å². The number of alkyl halides is 3. The number of aromatic nitrogens is 1. The quantitative estimate of drug-likeness (QED) is 0.187. The van der Waals surface area contributed by atoms with Gasteiger partial charge in [-0.1, -0.05) is 24.3 Å². The largest absolute Gasteiger partial charge is 1.00 e. The second-order valence-corrected chi connectivity index (χ2v) is 8.60. The summed E-state index contributed by atoms with van der Waals surface area (Å²) in [5, 5.41) is 26.9. The van der Waals surface area contributed by atoms with Gasteiger partial charge in [-0.3, -0.25) is 4.98 Å². The molecule has 6 N–H and O–H groups in total. The van der Waals surface area contributed by atoms with Crippen molar-refractivity contribution >= 4 is 47.1 Å². The first kappa shape index (κ1) is 32.9. The molecule has 0 saturated carbocycles. The normalized spacial score (nSPS) is 10.6. The van der Waals surface area contributed by atoms with Crippen LogP contribution < -0.4 is 28.4 Å². The summed E-state index contributed by atoms with van der Waals surface area (Å²) >= 11 is 0. The maximum absolute atomic E-state index is 13.5. The van der Waals surface area contributed by atoms with Crippen molar-refractivity contribution in [3.05, 3.63) is 113 Å². The van der Waals surface area contributed by atoms with Gasteiger partial charge in [0.25, 0.3) is 0 Å². The number of carboxylic acid groups (broad SMARTS) is 2. The number of anilines is 4. The summed E-state index contributed by atoms with van der Waals surface area (Å²) in [5.41, 5.74) is 0.824. The minimum absolute atomic E-state index is 0. The van der Waals surface area contributed by atoms with E-state index in [2.05, 4.69) is 15.6 Å². The van der Waals surface area contributed by atoms with Crippen LogP contribution in [0.2, 0.25) is 0 Å². The third-order valence-electron chi connectivity index (χ3n) is 5.84. The Morgan fingerprint density at radius 1 is 0.756 bits per heavy atom. The molecule has 0 aliphatic rings. The molecular formula is C28H25Cl2F3N4O4. The van der Waals surface area contributed by atoms with E-state index >= 15 is 0 Å². The molecule has 0 atom stereocenters. The van der Waals surface area contributed by atoms with Crippen LogP contribution >= 0.6 is 12.4 Å². The lowest BCUT2D eigenvalue weighted by Crippen LogP contribution is -3.00. The lowest BCUT2D eigenvalue weighted by Gasteiger charge is -2.19. The Morgan fingerprint density at radius 3 is 2.05 bits per heavy atom. The number of hydrogen-bond donors (Lipinski definition) is 5. The van der Waals surface area contributed by atoms with Gasteiger partial charge in [-0.25, -0.2) is 9.59 Å². The van der Waals surface area contributed by atoms with Crippen LogP contribution in [0.4, 0.5) is 35.9 Å². The van der Waals surface area contributed by atoms with Crippen molar-refractivity contribution in [1.82, 2.24) is 4.98 Å². The Kier molecular flexibility index (Phi) is 11.5. The average Bonchev–Trinajstić information content (AvgIpc) is 2.90. The van der Waals surface area contributed by atoms with Gasteiger partial charge in [0.1, 0.15) is 13.1 Å². The van der Waals surface area contributed by atoms with Crippen molar-refractivity contribution < 1.29 is 50.7 Å². The highest BCUT2D eigenvalue weighted by Gasteiger charge is 2.31. The van der Waals surface area contributed by atoms with Crippen LogP contribution in [0.5, 0.6) is 0 Å². The number of nitrogens with two attached hydrogens (primary N) is 1. The zero-order chi connectivity index (χ0) is 28.0. The van der Waals surface area contributed by atoms with Crippen molar-refractivity contribution in [2.45, 2.75) is 19.3 Å². The van der Waals surface area contributed by atoms with Crippen LogP contribution in [0.3, 0.4) is 0 Å². The number of quaternary nitrogens is 1. The first-order chi connectivity index (χ1) is 18.6. The number of benzene rings is 3. The minimum atomic E-state index is -4.66. The van der Waals surface area contributed by atoms with E-state index in [1.807, 2.05) is 17.4 Å².